The number of carbonyl (C=O) groups excluding carboxylic acids is 1. The third-order valence-electron chi connectivity index (χ3n) is 3.07. The maximum atomic E-state index is 11.1. The molecule has 0 aromatic rings. The molecule has 3 atom stereocenters. The Labute approximate surface area is 126 Å². The number of rotatable bonds is 5. The summed E-state index contributed by atoms with van der Waals surface area (Å²) < 4.78 is 0. The van der Waals surface area contributed by atoms with Crippen LogP contribution in [-0.2, 0) is 4.79 Å². The third-order valence-corrected chi connectivity index (χ3v) is 4.58. The Kier molecular flexibility index (Phi) is 10.3. The fraction of sp³-hybridized carbons (Fsp3) is 0.857. The lowest BCUT2D eigenvalue weighted by molar-refractivity contribution is -0.137. The molecule has 2 unspecified atom stereocenters. The zero-order valence-corrected chi connectivity index (χ0v) is 13.8. The van der Waals surface area contributed by atoms with Gasteiger partial charge in [0.2, 0.25) is 0 Å². The molecule has 0 aromatic carbocycles. The highest BCUT2D eigenvalue weighted by molar-refractivity contribution is 8.00. The average Bonchev–Trinajstić information content (AvgIpc) is 2.99. The molecule has 2 aliphatic heterocycles. The molecular formula is C14H28N2O3S. The van der Waals surface area contributed by atoms with Crippen LogP contribution in [0.15, 0.2) is 0 Å². The lowest BCUT2D eigenvalue weighted by Gasteiger charge is -2.16. The number of nitrogens with one attached hydrogen (secondary N) is 2. The maximum absolute atomic E-state index is 11.1. The second-order valence-corrected chi connectivity index (χ2v) is 5.53. The van der Waals surface area contributed by atoms with Crippen molar-refractivity contribution in [2.75, 3.05) is 5.75 Å². The molecule has 2 fully saturated rings. The van der Waals surface area contributed by atoms with E-state index in [0.717, 1.165) is 25.0 Å². The Morgan fingerprint density at radius 1 is 1.25 bits per heavy atom. The monoisotopic (exact) mass is 304 g/mol. The molecule has 2 rings (SSSR count). The van der Waals surface area contributed by atoms with E-state index in [4.69, 9.17) is 5.11 Å². The second-order valence-electron chi connectivity index (χ2n) is 4.26. The first-order valence-electron chi connectivity index (χ1n) is 7.57. The molecule has 3 N–H and O–H groups in total. The smallest absolute Gasteiger partial charge is 0.315 e. The molecule has 20 heavy (non-hydrogen) atoms. The first kappa shape index (κ1) is 19.1. The van der Waals surface area contributed by atoms with Gasteiger partial charge in [-0.15, -0.1) is 0 Å². The SMILES string of the molecule is CC.CC.O=C(O)CCCC[C@@H]1SCC2NC(=O)NC21. The minimum atomic E-state index is -0.729. The normalized spacial score (nSPS) is 26.2. The van der Waals surface area contributed by atoms with E-state index in [9.17, 15) is 9.59 Å². The van der Waals surface area contributed by atoms with E-state index in [1.165, 1.54) is 0 Å². The molecule has 6 heteroatoms. The van der Waals surface area contributed by atoms with E-state index in [-0.39, 0.29) is 24.5 Å². The number of unbranched alkanes of at least 4 members (excludes halogenated alkanes) is 1. The highest BCUT2D eigenvalue weighted by Crippen LogP contribution is 2.33. The van der Waals surface area contributed by atoms with E-state index < -0.39 is 5.97 Å². The predicted molar refractivity (Wildman–Crippen MR) is 84.3 cm³/mol. The van der Waals surface area contributed by atoms with Crippen molar-refractivity contribution in [3.05, 3.63) is 0 Å². The van der Waals surface area contributed by atoms with E-state index in [2.05, 4.69) is 10.6 Å². The van der Waals surface area contributed by atoms with E-state index in [1.807, 2.05) is 39.5 Å². The standard InChI is InChI=1S/C10H16N2O3S.2C2H6/c13-8(14)4-2-1-3-7-9-6(5-16-7)11-10(15)12-9;2*1-2/h6-7,9H,1-5H2,(H,13,14)(H2,11,12,15);2*1-2H3/t6?,7-,9?;;/m0../s1. The summed E-state index contributed by atoms with van der Waals surface area (Å²) in [5, 5.41) is 14.8. The largest absolute Gasteiger partial charge is 0.481 e. The molecule has 5 nitrogen and oxygen atoms in total. The Hall–Kier alpha value is -0.910. The van der Waals surface area contributed by atoms with Gasteiger partial charge in [0.25, 0.3) is 0 Å². The summed E-state index contributed by atoms with van der Waals surface area (Å²) in [6.45, 7) is 8.00. The van der Waals surface area contributed by atoms with Crippen LogP contribution in [0.1, 0.15) is 53.4 Å². The molecule has 0 saturated carbocycles. The number of aliphatic carboxylic acids is 1. The number of thioether (sulfide) groups is 1. The van der Waals surface area contributed by atoms with Crippen LogP contribution in [0.5, 0.6) is 0 Å². The van der Waals surface area contributed by atoms with Crippen LogP contribution in [0.2, 0.25) is 0 Å². The van der Waals surface area contributed by atoms with E-state index >= 15 is 0 Å². The second kappa shape index (κ2) is 10.8. The maximum Gasteiger partial charge on any atom is 0.315 e. The summed E-state index contributed by atoms with van der Waals surface area (Å²) in [5.74, 6) is 0.236. The van der Waals surface area contributed by atoms with Crippen LogP contribution in [-0.4, -0.2) is 40.2 Å². The van der Waals surface area contributed by atoms with Gasteiger partial charge in [-0.1, -0.05) is 34.1 Å². The Bertz CT molecular complexity index is 300. The quantitative estimate of drug-likeness (QED) is 0.539. The molecule has 2 heterocycles. The zero-order valence-electron chi connectivity index (χ0n) is 12.9. The van der Waals surface area contributed by atoms with Crippen LogP contribution in [0.25, 0.3) is 0 Å². The molecular weight excluding hydrogens is 276 g/mol. The minimum absolute atomic E-state index is 0.0640. The average molecular weight is 304 g/mol. The fourth-order valence-corrected chi connectivity index (χ4v) is 3.81. The summed E-state index contributed by atoms with van der Waals surface area (Å²) in [6.07, 6.45) is 2.88. The van der Waals surface area contributed by atoms with Gasteiger partial charge in [-0.3, -0.25) is 4.79 Å². The summed E-state index contributed by atoms with van der Waals surface area (Å²) in [7, 11) is 0. The van der Waals surface area contributed by atoms with E-state index in [1.54, 1.807) is 0 Å². The van der Waals surface area contributed by atoms with Gasteiger partial charge < -0.3 is 15.7 Å². The van der Waals surface area contributed by atoms with Gasteiger partial charge in [0, 0.05) is 17.4 Å². The molecule has 118 valence electrons. The first-order chi connectivity index (χ1) is 9.66. The number of hydrogen-bond acceptors (Lipinski definition) is 3. The number of amides is 2. The summed E-state index contributed by atoms with van der Waals surface area (Å²) in [5.41, 5.74) is 0. The molecule has 2 amide bonds. The van der Waals surface area contributed by atoms with Crippen LogP contribution in [0.3, 0.4) is 0 Å². The molecule has 2 saturated heterocycles. The van der Waals surface area contributed by atoms with Crippen molar-refractivity contribution in [1.29, 1.82) is 0 Å². The van der Waals surface area contributed by atoms with Gasteiger partial charge in [0.1, 0.15) is 0 Å². The first-order valence-corrected chi connectivity index (χ1v) is 8.62. The molecule has 2 aliphatic rings. The van der Waals surface area contributed by atoms with Crippen LogP contribution in [0.4, 0.5) is 4.79 Å². The van der Waals surface area contributed by atoms with Crippen molar-refractivity contribution in [2.45, 2.75) is 70.7 Å². The lowest BCUT2D eigenvalue weighted by Crippen LogP contribution is -2.36. The van der Waals surface area contributed by atoms with Gasteiger partial charge in [0.15, 0.2) is 0 Å². The van der Waals surface area contributed by atoms with Gasteiger partial charge in [-0.2, -0.15) is 11.8 Å². The van der Waals surface area contributed by atoms with Crippen molar-refractivity contribution < 1.29 is 14.7 Å². The number of carboxylic acid groups (broad SMARTS) is 1. The van der Waals surface area contributed by atoms with Crippen molar-refractivity contribution in [1.82, 2.24) is 10.6 Å². The van der Waals surface area contributed by atoms with Crippen molar-refractivity contribution in [3.63, 3.8) is 0 Å². The molecule has 0 aliphatic carbocycles. The molecule has 0 aromatic heterocycles. The van der Waals surface area contributed by atoms with Crippen LogP contribution in [0, 0.1) is 0 Å². The van der Waals surface area contributed by atoms with Gasteiger partial charge in [0.05, 0.1) is 12.1 Å². The summed E-state index contributed by atoms with van der Waals surface area (Å²) >= 11 is 1.87. The topological polar surface area (TPSA) is 78.4 Å². The Morgan fingerprint density at radius 2 is 1.90 bits per heavy atom. The zero-order chi connectivity index (χ0) is 15.5. The number of fused-ring (bicyclic) bond motifs is 1. The molecule has 0 bridgehead atoms. The highest BCUT2D eigenvalue weighted by atomic mass is 32.2. The third kappa shape index (κ3) is 6.03. The predicted octanol–water partition coefficient (Wildman–Crippen LogP) is 2.85. The van der Waals surface area contributed by atoms with Crippen molar-refractivity contribution >= 4 is 23.8 Å². The van der Waals surface area contributed by atoms with Gasteiger partial charge in [-0.05, 0) is 12.8 Å². The number of carbonyl (C=O) groups is 2. The van der Waals surface area contributed by atoms with Crippen LogP contribution >= 0.6 is 11.8 Å². The Morgan fingerprint density at radius 3 is 2.50 bits per heavy atom. The number of carboxylic acids is 1. The highest BCUT2D eigenvalue weighted by Gasteiger charge is 2.42. The molecule has 0 spiro atoms. The van der Waals surface area contributed by atoms with Crippen molar-refractivity contribution in [3.8, 4) is 0 Å². The van der Waals surface area contributed by atoms with Gasteiger partial charge >= 0.3 is 12.0 Å². The fourth-order valence-electron chi connectivity index (χ4n) is 2.26. The lowest BCUT2D eigenvalue weighted by atomic mass is 10.0. The van der Waals surface area contributed by atoms with Crippen molar-refractivity contribution in [2.24, 2.45) is 0 Å². The van der Waals surface area contributed by atoms with Crippen LogP contribution < -0.4 is 10.6 Å². The number of hydrogen-bond donors (Lipinski definition) is 3. The Balaban J connectivity index is 0.000000829. The minimum Gasteiger partial charge on any atom is -0.481 e. The summed E-state index contributed by atoms with van der Waals surface area (Å²) in [4.78, 5) is 21.5. The molecule has 0 radical (unpaired) electrons. The van der Waals surface area contributed by atoms with Gasteiger partial charge in [-0.25, -0.2) is 4.79 Å². The van der Waals surface area contributed by atoms with E-state index in [0.29, 0.717) is 5.25 Å². The number of urea groups is 1. The summed E-state index contributed by atoms with van der Waals surface area (Å²) in [6, 6.07) is 0.440.